The lowest BCUT2D eigenvalue weighted by Crippen LogP contribution is -2.17. The predicted octanol–water partition coefficient (Wildman–Crippen LogP) is 0.955. The standard InChI is InChI=1S/C7H12N2OS.ClH/c1-6-4-9-7(11-6)5-8-2-3-10;/h4,8,10H,2-3,5H2,1H3;1H. The molecule has 0 fully saturated rings. The Labute approximate surface area is 82.2 Å². The summed E-state index contributed by atoms with van der Waals surface area (Å²) >= 11 is 1.68. The molecule has 1 rings (SSSR count). The third kappa shape index (κ3) is 4.01. The Morgan fingerprint density at radius 3 is 2.92 bits per heavy atom. The number of hydrogen-bond acceptors (Lipinski definition) is 4. The van der Waals surface area contributed by atoms with Crippen LogP contribution >= 0.6 is 23.7 Å². The summed E-state index contributed by atoms with van der Waals surface area (Å²) in [6.45, 7) is 3.62. The molecule has 0 aliphatic carbocycles. The molecule has 1 aromatic rings. The summed E-state index contributed by atoms with van der Waals surface area (Å²) in [5, 5.41) is 12.6. The smallest absolute Gasteiger partial charge is 0.107 e. The quantitative estimate of drug-likeness (QED) is 0.725. The van der Waals surface area contributed by atoms with Crippen LogP contribution in [0.4, 0.5) is 0 Å². The van der Waals surface area contributed by atoms with Gasteiger partial charge in [0.2, 0.25) is 0 Å². The van der Waals surface area contributed by atoms with Gasteiger partial charge in [0.15, 0.2) is 0 Å². The number of aryl methyl sites for hydroxylation is 1. The summed E-state index contributed by atoms with van der Waals surface area (Å²) in [5.41, 5.74) is 0. The van der Waals surface area contributed by atoms with Crippen LogP contribution < -0.4 is 5.32 Å². The van der Waals surface area contributed by atoms with E-state index in [-0.39, 0.29) is 19.0 Å². The van der Waals surface area contributed by atoms with Gasteiger partial charge in [0.1, 0.15) is 5.01 Å². The third-order valence-corrected chi connectivity index (χ3v) is 2.15. The van der Waals surface area contributed by atoms with Gasteiger partial charge in [-0.1, -0.05) is 0 Å². The fourth-order valence-corrected chi connectivity index (χ4v) is 1.51. The average molecular weight is 209 g/mol. The molecule has 1 heterocycles. The first-order chi connectivity index (χ1) is 5.33. The van der Waals surface area contributed by atoms with E-state index < -0.39 is 0 Å². The summed E-state index contributed by atoms with van der Waals surface area (Å²) in [6, 6.07) is 0. The molecule has 0 saturated carbocycles. The molecule has 0 aromatic carbocycles. The molecule has 0 atom stereocenters. The largest absolute Gasteiger partial charge is 0.395 e. The molecule has 0 bridgehead atoms. The van der Waals surface area contributed by atoms with E-state index in [1.165, 1.54) is 4.88 Å². The number of rotatable bonds is 4. The topological polar surface area (TPSA) is 45.2 Å². The van der Waals surface area contributed by atoms with Crippen molar-refractivity contribution in [3.05, 3.63) is 16.1 Å². The number of aromatic nitrogens is 1. The van der Waals surface area contributed by atoms with Crippen LogP contribution in [-0.2, 0) is 6.54 Å². The van der Waals surface area contributed by atoms with Crippen molar-refractivity contribution in [3.8, 4) is 0 Å². The Morgan fingerprint density at radius 2 is 2.42 bits per heavy atom. The van der Waals surface area contributed by atoms with E-state index in [1.807, 2.05) is 13.1 Å². The first kappa shape index (κ1) is 11.8. The van der Waals surface area contributed by atoms with Crippen molar-refractivity contribution in [3.63, 3.8) is 0 Å². The van der Waals surface area contributed by atoms with Crippen molar-refractivity contribution in [2.45, 2.75) is 13.5 Å². The highest BCUT2D eigenvalue weighted by Gasteiger charge is 1.95. The number of nitrogens with one attached hydrogen (secondary N) is 1. The predicted molar refractivity (Wildman–Crippen MR) is 52.9 cm³/mol. The normalized spacial score (nSPS) is 9.50. The van der Waals surface area contributed by atoms with E-state index in [0.29, 0.717) is 6.54 Å². The highest BCUT2D eigenvalue weighted by atomic mass is 35.5. The highest BCUT2D eigenvalue weighted by Crippen LogP contribution is 2.09. The second-order valence-electron chi connectivity index (χ2n) is 2.27. The zero-order valence-electron chi connectivity index (χ0n) is 6.91. The lowest BCUT2D eigenvalue weighted by Gasteiger charge is -1.96. The number of halogens is 1. The molecular weight excluding hydrogens is 196 g/mol. The van der Waals surface area contributed by atoms with Crippen LogP contribution in [0.1, 0.15) is 9.88 Å². The molecule has 0 amide bonds. The number of aliphatic hydroxyl groups excluding tert-OH is 1. The average Bonchev–Trinajstić information content (AvgIpc) is 2.37. The van der Waals surface area contributed by atoms with Gasteiger partial charge in [-0.05, 0) is 6.92 Å². The lowest BCUT2D eigenvalue weighted by molar-refractivity contribution is 0.292. The fraction of sp³-hybridized carbons (Fsp3) is 0.571. The molecular formula is C7H13ClN2OS. The van der Waals surface area contributed by atoms with Gasteiger partial charge in [-0.3, -0.25) is 0 Å². The molecule has 5 heteroatoms. The van der Waals surface area contributed by atoms with Gasteiger partial charge in [0, 0.05) is 24.2 Å². The van der Waals surface area contributed by atoms with E-state index in [1.54, 1.807) is 11.3 Å². The highest BCUT2D eigenvalue weighted by molar-refractivity contribution is 7.11. The maximum Gasteiger partial charge on any atom is 0.107 e. The van der Waals surface area contributed by atoms with Crippen LogP contribution in [-0.4, -0.2) is 23.2 Å². The summed E-state index contributed by atoms with van der Waals surface area (Å²) in [4.78, 5) is 5.39. The summed E-state index contributed by atoms with van der Waals surface area (Å²) in [6.07, 6.45) is 1.86. The Balaban J connectivity index is 0.00000121. The minimum Gasteiger partial charge on any atom is -0.395 e. The minimum absolute atomic E-state index is 0. The van der Waals surface area contributed by atoms with Crippen LogP contribution in [0.25, 0.3) is 0 Å². The maximum absolute atomic E-state index is 8.47. The summed E-state index contributed by atoms with van der Waals surface area (Å²) in [5.74, 6) is 0. The molecule has 0 saturated heterocycles. The zero-order chi connectivity index (χ0) is 8.10. The van der Waals surface area contributed by atoms with E-state index in [4.69, 9.17) is 5.11 Å². The van der Waals surface area contributed by atoms with Crippen molar-refractivity contribution < 1.29 is 5.11 Å². The van der Waals surface area contributed by atoms with Crippen LogP contribution in [0.2, 0.25) is 0 Å². The monoisotopic (exact) mass is 208 g/mol. The fourth-order valence-electron chi connectivity index (χ4n) is 0.758. The van der Waals surface area contributed by atoms with Crippen molar-refractivity contribution in [2.75, 3.05) is 13.2 Å². The second kappa shape index (κ2) is 6.37. The number of aliphatic hydroxyl groups is 1. The molecule has 0 spiro atoms. The molecule has 3 nitrogen and oxygen atoms in total. The lowest BCUT2D eigenvalue weighted by atomic mass is 10.6. The molecule has 0 unspecified atom stereocenters. The van der Waals surface area contributed by atoms with Crippen LogP contribution in [0.5, 0.6) is 0 Å². The van der Waals surface area contributed by atoms with Gasteiger partial charge in [0.05, 0.1) is 6.61 Å². The van der Waals surface area contributed by atoms with Crippen molar-refractivity contribution in [2.24, 2.45) is 0 Å². The zero-order valence-corrected chi connectivity index (χ0v) is 8.54. The third-order valence-electron chi connectivity index (χ3n) is 1.23. The SMILES string of the molecule is Cc1cnc(CNCCO)s1.Cl. The molecule has 0 aliphatic rings. The Morgan fingerprint density at radius 1 is 1.67 bits per heavy atom. The van der Waals surface area contributed by atoms with Gasteiger partial charge in [-0.2, -0.15) is 0 Å². The molecule has 70 valence electrons. The Kier molecular flexibility index (Phi) is 6.28. The van der Waals surface area contributed by atoms with Crippen molar-refractivity contribution in [1.29, 1.82) is 0 Å². The molecule has 1 aromatic heterocycles. The Bertz CT molecular complexity index is 217. The molecule has 12 heavy (non-hydrogen) atoms. The molecule has 0 aliphatic heterocycles. The van der Waals surface area contributed by atoms with Gasteiger partial charge in [-0.15, -0.1) is 23.7 Å². The maximum atomic E-state index is 8.47. The van der Waals surface area contributed by atoms with E-state index in [9.17, 15) is 0 Å². The number of thiazole rings is 1. The van der Waals surface area contributed by atoms with Crippen LogP contribution in [0.15, 0.2) is 6.20 Å². The number of nitrogens with zero attached hydrogens (tertiary/aromatic N) is 1. The molecule has 0 radical (unpaired) electrons. The van der Waals surface area contributed by atoms with Gasteiger partial charge >= 0.3 is 0 Å². The van der Waals surface area contributed by atoms with Crippen LogP contribution in [0, 0.1) is 6.92 Å². The van der Waals surface area contributed by atoms with E-state index in [0.717, 1.165) is 11.6 Å². The second-order valence-corrected chi connectivity index (χ2v) is 3.58. The summed E-state index contributed by atoms with van der Waals surface area (Å²) < 4.78 is 0. The minimum atomic E-state index is 0. The van der Waals surface area contributed by atoms with E-state index >= 15 is 0 Å². The van der Waals surface area contributed by atoms with E-state index in [2.05, 4.69) is 10.3 Å². The van der Waals surface area contributed by atoms with Crippen molar-refractivity contribution in [1.82, 2.24) is 10.3 Å². The first-order valence-corrected chi connectivity index (χ1v) is 4.37. The van der Waals surface area contributed by atoms with Gasteiger partial charge in [0.25, 0.3) is 0 Å². The van der Waals surface area contributed by atoms with Crippen molar-refractivity contribution >= 4 is 23.7 Å². The molecule has 2 N–H and O–H groups in total. The first-order valence-electron chi connectivity index (χ1n) is 3.56. The Hall–Kier alpha value is -0.160. The summed E-state index contributed by atoms with van der Waals surface area (Å²) in [7, 11) is 0. The number of hydrogen-bond donors (Lipinski definition) is 2. The van der Waals surface area contributed by atoms with Crippen LogP contribution in [0.3, 0.4) is 0 Å². The van der Waals surface area contributed by atoms with Gasteiger partial charge in [-0.25, -0.2) is 4.98 Å². The van der Waals surface area contributed by atoms with Gasteiger partial charge < -0.3 is 10.4 Å².